The highest BCUT2D eigenvalue weighted by molar-refractivity contribution is 9.10. The molecule has 3 N–H and O–H groups in total. The Morgan fingerprint density at radius 1 is 1.50 bits per heavy atom. The molecular weight excluding hydrogens is 288 g/mol. The number of benzene rings is 1. The van der Waals surface area contributed by atoms with Crippen molar-refractivity contribution < 1.29 is 0 Å². The molecule has 0 aliphatic carbocycles. The van der Waals surface area contributed by atoms with Crippen molar-refractivity contribution in [2.75, 3.05) is 6.54 Å². The minimum absolute atomic E-state index is 0.0803. The molecule has 98 valence electrons. The maximum Gasteiger partial charge on any atom is 0.0692 e. The topological polar surface area (TPSA) is 38.0 Å². The van der Waals surface area contributed by atoms with E-state index in [1.807, 2.05) is 0 Å². The lowest BCUT2D eigenvalue weighted by Gasteiger charge is -2.23. The average Bonchev–Trinajstić information content (AvgIpc) is 2.35. The smallest absolute Gasteiger partial charge is 0.0692 e. The fourth-order valence-corrected chi connectivity index (χ4v) is 2.72. The van der Waals surface area contributed by atoms with Gasteiger partial charge in [0.25, 0.3) is 0 Å². The molecule has 1 aromatic carbocycles. The normalized spacial score (nSPS) is 13.9. The highest BCUT2D eigenvalue weighted by atomic mass is 79.9. The molecule has 0 radical (unpaired) electrons. The van der Waals surface area contributed by atoms with Crippen LogP contribution in [-0.2, 0) is 0 Å². The Labute approximate surface area is 118 Å². The highest BCUT2D eigenvalue weighted by Gasteiger charge is 2.16. The third-order valence-electron chi connectivity index (χ3n) is 2.95. The van der Waals surface area contributed by atoms with Crippen LogP contribution in [-0.4, -0.2) is 12.6 Å². The Morgan fingerprint density at radius 3 is 2.72 bits per heavy atom. The summed E-state index contributed by atoms with van der Waals surface area (Å²) in [5.41, 5.74) is 8.25. The zero-order valence-electron chi connectivity index (χ0n) is 11.0. The zero-order valence-corrected chi connectivity index (χ0v) is 12.6. The van der Waals surface area contributed by atoms with Gasteiger partial charge in [-0.15, -0.1) is 6.42 Å². The van der Waals surface area contributed by atoms with E-state index in [-0.39, 0.29) is 12.1 Å². The average molecular weight is 309 g/mol. The molecule has 0 fully saturated rings. The number of rotatable bonds is 6. The van der Waals surface area contributed by atoms with Gasteiger partial charge in [0.05, 0.1) is 6.04 Å². The van der Waals surface area contributed by atoms with Gasteiger partial charge in [0, 0.05) is 17.1 Å². The summed E-state index contributed by atoms with van der Waals surface area (Å²) in [6.45, 7) is 4.73. The molecule has 0 bridgehead atoms. The van der Waals surface area contributed by atoms with Crippen molar-refractivity contribution >= 4 is 15.9 Å². The molecule has 2 nitrogen and oxygen atoms in total. The standard InChI is InChI=1S/C15H21BrN2/c1-4-6-12(5-2)18-15(10-17)13-8-7-11(3)9-14(13)16/h2,7-9,12,15,18H,4,6,10,17H2,1,3H3. The molecule has 0 aliphatic heterocycles. The SMILES string of the molecule is C#CC(CCC)NC(CN)c1ccc(C)cc1Br. The first-order valence-electron chi connectivity index (χ1n) is 6.30. The third kappa shape index (κ3) is 4.13. The van der Waals surface area contributed by atoms with Crippen LogP contribution < -0.4 is 11.1 Å². The summed E-state index contributed by atoms with van der Waals surface area (Å²) < 4.78 is 1.08. The van der Waals surface area contributed by atoms with Crippen LogP contribution in [0.3, 0.4) is 0 Å². The van der Waals surface area contributed by atoms with E-state index in [9.17, 15) is 0 Å². The molecule has 1 rings (SSSR count). The second-order valence-corrected chi connectivity index (χ2v) is 5.34. The van der Waals surface area contributed by atoms with E-state index in [0.717, 1.165) is 17.3 Å². The van der Waals surface area contributed by atoms with Crippen molar-refractivity contribution in [1.29, 1.82) is 0 Å². The predicted octanol–water partition coefficient (Wildman–Crippen LogP) is 3.15. The number of nitrogens with two attached hydrogens (primary N) is 1. The molecule has 0 spiro atoms. The van der Waals surface area contributed by atoms with Gasteiger partial charge >= 0.3 is 0 Å². The van der Waals surface area contributed by atoms with Gasteiger partial charge in [-0.3, -0.25) is 5.32 Å². The molecule has 0 amide bonds. The summed E-state index contributed by atoms with van der Waals surface area (Å²) in [6.07, 6.45) is 7.57. The van der Waals surface area contributed by atoms with Crippen molar-refractivity contribution in [3.05, 3.63) is 33.8 Å². The van der Waals surface area contributed by atoms with Crippen LogP contribution >= 0.6 is 15.9 Å². The Kier molecular flexibility index (Phi) is 6.42. The molecule has 3 heteroatoms. The first-order chi connectivity index (χ1) is 8.62. The van der Waals surface area contributed by atoms with Gasteiger partial charge in [0.15, 0.2) is 0 Å². The Balaban J connectivity index is 2.86. The van der Waals surface area contributed by atoms with E-state index in [1.165, 1.54) is 11.1 Å². The minimum Gasteiger partial charge on any atom is -0.329 e. The summed E-state index contributed by atoms with van der Waals surface area (Å²) >= 11 is 3.59. The number of halogens is 1. The van der Waals surface area contributed by atoms with E-state index in [1.54, 1.807) is 0 Å². The molecule has 2 atom stereocenters. The van der Waals surface area contributed by atoms with E-state index in [2.05, 4.69) is 59.2 Å². The molecule has 18 heavy (non-hydrogen) atoms. The number of hydrogen-bond acceptors (Lipinski definition) is 2. The fourth-order valence-electron chi connectivity index (χ4n) is 1.95. The lowest BCUT2D eigenvalue weighted by Crippen LogP contribution is -2.36. The summed E-state index contributed by atoms with van der Waals surface area (Å²) in [6, 6.07) is 6.47. The molecular formula is C15H21BrN2. The third-order valence-corrected chi connectivity index (χ3v) is 3.63. The van der Waals surface area contributed by atoms with E-state index >= 15 is 0 Å². The molecule has 0 saturated carbocycles. The molecule has 2 unspecified atom stereocenters. The van der Waals surface area contributed by atoms with Gasteiger partial charge in [-0.2, -0.15) is 0 Å². The monoisotopic (exact) mass is 308 g/mol. The summed E-state index contributed by atoms with van der Waals surface area (Å²) in [4.78, 5) is 0. The number of hydrogen-bond donors (Lipinski definition) is 2. The largest absolute Gasteiger partial charge is 0.329 e. The second kappa shape index (κ2) is 7.58. The van der Waals surface area contributed by atoms with Gasteiger partial charge in [0.2, 0.25) is 0 Å². The van der Waals surface area contributed by atoms with Crippen LogP contribution in [0.5, 0.6) is 0 Å². The van der Waals surface area contributed by atoms with Crippen molar-refractivity contribution in [3.8, 4) is 12.3 Å². The minimum atomic E-state index is 0.0803. The number of nitrogens with one attached hydrogen (secondary N) is 1. The van der Waals surface area contributed by atoms with Crippen LogP contribution in [0.15, 0.2) is 22.7 Å². The van der Waals surface area contributed by atoms with Gasteiger partial charge in [0.1, 0.15) is 0 Å². The summed E-state index contributed by atoms with van der Waals surface area (Å²) in [7, 11) is 0. The van der Waals surface area contributed by atoms with Crippen LogP contribution in [0.2, 0.25) is 0 Å². The van der Waals surface area contributed by atoms with Crippen LogP contribution in [0.25, 0.3) is 0 Å². The van der Waals surface area contributed by atoms with E-state index in [0.29, 0.717) is 6.54 Å². The predicted molar refractivity (Wildman–Crippen MR) is 81.3 cm³/mol. The number of aryl methyl sites for hydroxylation is 1. The van der Waals surface area contributed by atoms with E-state index in [4.69, 9.17) is 12.2 Å². The molecule has 0 aromatic heterocycles. The van der Waals surface area contributed by atoms with Crippen LogP contribution in [0.1, 0.15) is 36.9 Å². The summed E-state index contributed by atoms with van der Waals surface area (Å²) in [5.74, 6) is 2.79. The molecule has 0 heterocycles. The highest BCUT2D eigenvalue weighted by Crippen LogP contribution is 2.24. The van der Waals surface area contributed by atoms with Gasteiger partial charge in [-0.25, -0.2) is 0 Å². The van der Waals surface area contributed by atoms with Crippen molar-refractivity contribution in [3.63, 3.8) is 0 Å². The Morgan fingerprint density at radius 2 is 2.22 bits per heavy atom. The van der Waals surface area contributed by atoms with Gasteiger partial charge in [-0.1, -0.05) is 47.3 Å². The number of terminal acetylenes is 1. The molecule has 0 saturated heterocycles. The Bertz CT molecular complexity index is 423. The van der Waals surface area contributed by atoms with Gasteiger partial charge < -0.3 is 5.73 Å². The van der Waals surface area contributed by atoms with Crippen LogP contribution in [0, 0.1) is 19.3 Å². The van der Waals surface area contributed by atoms with E-state index < -0.39 is 0 Å². The van der Waals surface area contributed by atoms with Crippen molar-refractivity contribution in [2.24, 2.45) is 5.73 Å². The van der Waals surface area contributed by atoms with Crippen LogP contribution in [0.4, 0.5) is 0 Å². The first kappa shape index (κ1) is 15.2. The van der Waals surface area contributed by atoms with Crippen molar-refractivity contribution in [1.82, 2.24) is 5.32 Å². The maximum atomic E-state index is 5.86. The molecule has 1 aromatic rings. The quantitative estimate of drug-likeness (QED) is 0.792. The molecule has 0 aliphatic rings. The second-order valence-electron chi connectivity index (χ2n) is 4.49. The Hall–Kier alpha value is -0.820. The lowest BCUT2D eigenvalue weighted by atomic mass is 10.0. The first-order valence-corrected chi connectivity index (χ1v) is 7.10. The maximum absolute atomic E-state index is 5.86. The zero-order chi connectivity index (χ0) is 13.5. The van der Waals surface area contributed by atoms with Crippen molar-refractivity contribution in [2.45, 2.75) is 38.8 Å². The summed E-state index contributed by atoms with van der Waals surface area (Å²) in [5, 5.41) is 3.44. The lowest BCUT2D eigenvalue weighted by molar-refractivity contribution is 0.474. The fraction of sp³-hybridized carbons (Fsp3) is 0.467. The van der Waals surface area contributed by atoms with Gasteiger partial charge in [-0.05, 0) is 30.5 Å².